The Morgan fingerprint density at radius 2 is 0.958 bits per heavy atom. The van der Waals surface area contributed by atoms with Gasteiger partial charge in [-0.15, -0.1) is 0 Å². The first-order valence-corrected chi connectivity index (χ1v) is 11.1. The lowest BCUT2D eigenvalue weighted by Crippen LogP contribution is -2.15. The minimum Gasteiger partial charge on any atom is -0.394 e. The summed E-state index contributed by atoms with van der Waals surface area (Å²) >= 11 is 0. The number of ether oxygens (including phenoxy) is 1. The van der Waals surface area contributed by atoms with Crippen LogP contribution in [0.2, 0.25) is 0 Å². The van der Waals surface area contributed by atoms with Crippen LogP contribution in [-0.4, -0.2) is 24.4 Å². The molecular weight excluding hydrogens is 296 g/mol. The fourth-order valence-electron chi connectivity index (χ4n) is 3.37. The lowest BCUT2D eigenvalue weighted by Gasteiger charge is -2.17. The zero-order valence-corrected chi connectivity index (χ0v) is 16.9. The van der Waals surface area contributed by atoms with Crippen LogP contribution in [-0.2, 0) is 4.74 Å². The molecule has 24 heavy (non-hydrogen) atoms. The molecule has 0 aliphatic rings. The smallest absolute Gasteiger partial charge is 0.0701 e. The van der Waals surface area contributed by atoms with Crippen molar-refractivity contribution >= 4 is 0 Å². The summed E-state index contributed by atoms with van der Waals surface area (Å²) in [5.41, 5.74) is 0. The normalized spacial score (nSPS) is 12.6. The summed E-state index contributed by atoms with van der Waals surface area (Å²) in [5.74, 6) is 0. The summed E-state index contributed by atoms with van der Waals surface area (Å²) in [6.07, 6.45) is 23.3. The third-order valence-electron chi connectivity index (χ3n) is 4.95. The zero-order chi connectivity index (χ0) is 17.7. The Morgan fingerprint density at radius 1 is 0.583 bits per heavy atom. The SMILES string of the molecule is CCCCCCCCCCCC(CCCCCCCC)OCCO. The quantitative estimate of drug-likeness (QED) is 0.240. The molecule has 0 saturated heterocycles. The maximum absolute atomic E-state index is 8.99. The Morgan fingerprint density at radius 3 is 1.33 bits per heavy atom. The van der Waals surface area contributed by atoms with Gasteiger partial charge in [0.2, 0.25) is 0 Å². The Bertz CT molecular complexity index is 218. The van der Waals surface area contributed by atoms with Gasteiger partial charge in [-0.3, -0.25) is 0 Å². The van der Waals surface area contributed by atoms with Gasteiger partial charge in [-0.1, -0.05) is 110 Å². The molecule has 0 rings (SSSR count). The maximum Gasteiger partial charge on any atom is 0.0701 e. The van der Waals surface area contributed by atoms with Crippen LogP contribution in [0.5, 0.6) is 0 Å². The topological polar surface area (TPSA) is 29.5 Å². The van der Waals surface area contributed by atoms with Crippen molar-refractivity contribution < 1.29 is 9.84 Å². The van der Waals surface area contributed by atoms with E-state index in [1.165, 1.54) is 109 Å². The number of unbranched alkanes of at least 4 members (excludes halogenated alkanes) is 13. The average molecular weight is 343 g/mol. The summed E-state index contributed by atoms with van der Waals surface area (Å²) in [6, 6.07) is 0. The van der Waals surface area contributed by atoms with Crippen molar-refractivity contribution in [3.8, 4) is 0 Å². The van der Waals surface area contributed by atoms with Crippen molar-refractivity contribution in [1.82, 2.24) is 0 Å². The van der Waals surface area contributed by atoms with Gasteiger partial charge in [0.1, 0.15) is 0 Å². The molecule has 146 valence electrons. The van der Waals surface area contributed by atoms with Crippen LogP contribution in [0.25, 0.3) is 0 Å². The fourth-order valence-corrected chi connectivity index (χ4v) is 3.37. The second-order valence-corrected chi connectivity index (χ2v) is 7.39. The Balaban J connectivity index is 3.53. The lowest BCUT2D eigenvalue weighted by atomic mass is 10.0. The molecule has 0 bridgehead atoms. The van der Waals surface area contributed by atoms with E-state index >= 15 is 0 Å². The van der Waals surface area contributed by atoms with Gasteiger partial charge in [-0.2, -0.15) is 0 Å². The largest absolute Gasteiger partial charge is 0.394 e. The summed E-state index contributed by atoms with van der Waals surface area (Å²) in [5, 5.41) is 8.99. The van der Waals surface area contributed by atoms with E-state index in [9.17, 15) is 0 Å². The molecule has 0 amide bonds. The highest BCUT2D eigenvalue weighted by Crippen LogP contribution is 2.17. The van der Waals surface area contributed by atoms with Crippen molar-refractivity contribution in [3.63, 3.8) is 0 Å². The van der Waals surface area contributed by atoms with Crippen molar-refractivity contribution in [1.29, 1.82) is 0 Å². The molecule has 0 spiro atoms. The third-order valence-corrected chi connectivity index (χ3v) is 4.95. The van der Waals surface area contributed by atoms with E-state index in [4.69, 9.17) is 9.84 Å². The highest BCUT2D eigenvalue weighted by Gasteiger charge is 2.08. The predicted molar refractivity (Wildman–Crippen MR) is 107 cm³/mol. The second-order valence-electron chi connectivity index (χ2n) is 7.39. The van der Waals surface area contributed by atoms with E-state index < -0.39 is 0 Å². The van der Waals surface area contributed by atoms with Crippen LogP contribution in [0, 0.1) is 0 Å². The van der Waals surface area contributed by atoms with Crippen molar-refractivity contribution in [2.45, 2.75) is 129 Å². The molecule has 0 radical (unpaired) electrons. The first-order valence-electron chi connectivity index (χ1n) is 11.1. The Kier molecular flexibility index (Phi) is 20.9. The van der Waals surface area contributed by atoms with Crippen LogP contribution in [0.3, 0.4) is 0 Å². The molecule has 0 saturated carbocycles. The predicted octanol–water partition coefficient (Wildman–Crippen LogP) is 7.04. The first-order chi connectivity index (χ1) is 11.8. The van der Waals surface area contributed by atoms with Crippen LogP contribution < -0.4 is 0 Å². The molecule has 0 aromatic heterocycles. The van der Waals surface area contributed by atoms with Gasteiger partial charge in [0.25, 0.3) is 0 Å². The maximum atomic E-state index is 8.99. The summed E-state index contributed by atoms with van der Waals surface area (Å²) in [6.45, 7) is 5.22. The van der Waals surface area contributed by atoms with Crippen LogP contribution >= 0.6 is 0 Å². The zero-order valence-electron chi connectivity index (χ0n) is 16.9. The van der Waals surface area contributed by atoms with Crippen LogP contribution in [0.4, 0.5) is 0 Å². The van der Waals surface area contributed by atoms with Gasteiger partial charge in [0, 0.05) is 0 Å². The van der Waals surface area contributed by atoms with E-state index in [1.807, 2.05) is 0 Å². The third kappa shape index (κ3) is 18.3. The van der Waals surface area contributed by atoms with Crippen molar-refractivity contribution in [2.24, 2.45) is 0 Å². The highest BCUT2D eigenvalue weighted by molar-refractivity contribution is 4.60. The number of aliphatic hydroxyl groups is 1. The number of rotatable bonds is 20. The van der Waals surface area contributed by atoms with Gasteiger partial charge in [-0.25, -0.2) is 0 Å². The highest BCUT2D eigenvalue weighted by atomic mass is 16.5. The van der Waals surface area contributed by atoms with Gasteiger partial charge in [0.15, 0.2) is 0 Å². The molecule has 0 aliphatic carbocycles. The molecule has 0 aliphatic heterocycles. The molecular formula is C22H46O2. The van der Waals surface area contributed by atoms with Crippen LogP contribution in [0.15, 0.2) is 0 Å². The minimum absolute atomic E-state index is 0.157. The fraction of sp³-hybridized carbons (Fsp3) is 1.00. The molecule has 0 aromatic rings. The molecule has 0 aromatic carbocycles. The second kappa shape index (κ2) is 21.0. The first kappa shape index (κ1) is 23.9. The molecule has 0 heterocycles. The van der Waals surface area contributed by atoms with E-state index in [0.29, 0.717) is 12.7 Å². The van der Waals surface area contributed by atoms with Gasteiger partial charge in [-0.05, 0) is 12.8 Å². The lowest BCUT2D eigenvalue weighted by molar-refractivity contribution is 0.0167. The average Bonchev–Trinajstić information content (AvgIpc) is 2.60. The van der Waals surface area contributed by atoms with Gasteiger partial charge in [0.05, 0.1) is 19.3 Å². The Hall–Kier alpha value is -0.0800. The minimum atomic E-state index is 0.157. The molecule has 1 atom stereocenters. The van der Waals surface area contributed by atoms with Crippen LogP contribution in [0.1, 0.15) is 123 Å². The number of hydrogen-bond donors (Lipinski definition) is 1. The van der Waals surface area contributed by atoms with Gasteiger partial charge < -0.3 is 9.84 Å². The van der Waals surface area contributed by atoms with E-state index in [2.05, 4.69) is 13.8 Å². The number of aliphatic hydroxyl groups excluding tert-OH is 1. The number of hydrogen-bond acceptors (Lipinski definition) is 2. The monoisotopic (exact) mass is 342 g/mol. The Labute approximate surface area is 152 Å². The molecule has 2 nitrogen and oxygen atoms in total. The molecule has 2 heteroatoms. The van der Waals surface area contributed by atoms with E-state index in [1.54, 1.807) is 0 Å². The van der Waals surface area contributed by atoms with Crippen molar-refractivity contribution in [2.75, 3.05) is 13.2 Å². The van der Waals surface area contributed by atoms with E-state index in [-0.39, 0.29) is 6.61 Å². The molecule has 1 N–H and O–H groups in total. The van der Waals surface area contributed by atoms with E-state index in [0.717, 1.165) is 0 Å². The molecule has 0 fully saturated rings. The summed E-state index contributed by atoms with van der Waals surface area (Å²) in [4.78, 5) is 0. The summed E-state index contributed by atoms with van der Waals surface area (Å²) in [7, 11) is 0. The van der Waals surface area contributed by atoms with Crippen molar-refractivity contribution in [3.05, 3.63) is 0 Å². The summed E-state index contributed by atoms with van der Waals surface area (Å²) < 4.78 is 5.84. The van der Waals surface area contributed by atoms with Gasteiger partial charge >= 0.3 is 0 Å². The standard InChI is InChI=1S/C22H46O2/c1-3-5-7-9-11-12-13-15-17-19-22(24-21-20-23)18-16-14-10-8-6-4-2/h22-23H,3-21H2,1-2H3. The molecule has 1 unspecified atom stereocenters.